The van der Waals surface area contributed by atoms with E-state index < -0.39 is 0 Å². The third-order valence-electron chi connectivity index (χ3n) is 3.66. The van der Waals surface area contributed by atoms with Crippen LogP contribution in [0.5, 0.6) is 0 Å². The van der Waals surface area contributed by atoms with Gasteiger partial charge in [0.05, 0.1) is 6.54 Å². The Bertz CT molecular complexity index is 522. The summed E-state index contributed by atoms with van der Waals surface area (Å²) in [5.41, 5.74) is 6.97. The monoisotopic (exact) mass is 278 g/mol. The lowest BCUT2D eigenvalue weighted by molar-refractivity contribution is 0.257. The summed E-state index contributed by atoms with van der Waals surface area (Å²) in [6, 6.07) is 2.26. The smallest absolute Gasteiger partial charge is 0.241 e. The quantitative estimate of drug-likeness (QED) is 0.926. The lowest BCUT2D eigenvalue weighted by atomic mass is 10.0. The molecule has 19 heavy (non-hydrogen) atoms. The molecule has 2 aromatic rings. The molecule has 2 aromatic heterocycles. The van der Waals surface area contributed by atoms with Gasteiger partial charge in [0.2, 0.25) is 11.7 Å². The maximum absolute atomic E-state index is 5.94. The second-order valence-electron chi connectivity index (χ2n) is 5.17. The number of aromatic nitrogens is 2. The van der Waals surface area contributed by atoms with E-state index in [1.807, 2.05) is 16.8 Å². The van der Waals surface area contributed by atoms with E-state index in [1.165, 1.54) is 0 Å². The van der Waals surface area contributed by atoms with Crippen molar-refractivity contribution in [3.63, 3.8) is 0 Å². The van der Waals surface area contributed by atoms with Crippen molar-refractivity contribution in [3.05, 3.63) is 22.7 Å². The first-order valence-electron chi connectivity index (χ1n) is 6.55. The fraction of sp³-hybridized carbons (Fsp3) is 0.538. The van der Waals surface area contributed by atoms with E-state index in [0.29, 0.717) is 17.6 Å². The van der Waals surface area contributed by atoms with E-state index in [0.717, 1.165) is 31.6 Å². The van der Waals surface area contributed by atoms with E-state index in [-0.39, 0.29) is 6.04 Å². The molecule has 1 fully saturated rings. The summed E-state index contributed by atoms with van der Waals surface area (Å²) in [5, 5.41) is 8.06. The summed E-state index contributed by atoms with van der Waals surface area (Å²) >= 11 is 1.63. The molecular weight excluding hydrogens is 260 g/mol. The Morgan fingerprint density at radius 2 is 2.53 bits per heavy atom. The van der Waals surface area contributed by atoms with Crippen molar-refractivity contribution in [2.45, 2.75) is 25.9 Å². The molecule has 0 spiro atoms. The van der Waals surface area contributed by atoms with E-state index in [4.69, 9.17) is 10.3 Å². The van der Waals surface area contributed by atoms with E-state index >= 15 is 0 Å². The van der Waals surface area contributed by atoms with Gasteiger partial charge in [-0.15, -0.1) is 0 Å². The van der Waals surface area contributed by atoms with Crippen LogP contribution in [0.15, 0.2) is 21.3 Å². The number of nitrogens with zero attached hydrogens (tertiary/aromatic N) is 3. The van der Waals surface area contributed by atoms with Gasteiger partial charge in [-0.25, -0.2) is 0 Å². The van der Waals surface area contributed by atoms with Crippen molar-refractivity contribution >= 4 is 11.3 Å². The minimum atomic E-state index is 0.258. The highest BCUT2D eigenvalue weighted by Crippen LogP contribution is 2.22. The Hall–Kier alpha value is -1.24. The number of rotatable bonds is 4. The number of hydrogen-bond donors (Lipinski definition) is 1. The lowest BCUT2D eigenvalue weighted by Crippen LogP contribution is -2.29. The molecule has 5 nitrogen and oxygen atoms in total. The Labute approximate surface area is 116 Å². The first-order chi connectivity index (χ1) is 9.22. The van der Waals surface area contributed by atoms with Crippen LogP contribution in [0.1, 0.15) is 19.2 Å². The second kappa shape index (κ2) is 5.40. The summed E-state index contributed by atoms with van der Waals surface area (Å²) < 4.78 is 5.32. The fourth-order valence-electron chi connectivity index (χ4n) is 2.45. The highest BCUT2D eigenvalue weighted by atomic mass is 32.1. The molecular formula is C13H18N4OS. The molecule has 1 aliphatic rings. The zero-order chi connectivity index (χ0) is 13.2. The minimum Gasteiger partial charge on any atom is -0.338 e. The first kappa shape index (κ1) is 12.8. The predicted octanol–water partition coefficient (Wildman–Crippen LogP) is 1.97. The molecule has 102 valence electrons. The molecule has 1 aliphatic heterocycles. The maximum atomic E-state index is 5.94. The lowest BCUT2D eigenvalue weighted by Gasteiger charge is -2.15. The second-order valence-corrected chi connectivity index (χ2v) is 5.95. The van der Waals surface area contributed by atoms with E-state index in [9.17, 15) is 0 Å². The van der Waals surface area contributed by atoms with Gasteiger partial charge in [-0.2, -0.15) is 16.3 Å². The van der Waals surface area contributed by atoms with E-state index in [1.54, 1.807) is 11.3 Å². The van der Waals surface area contributed by atoms with Crippen molar-refractivity contribution in [1.82, 2.24) is 15.0 Å². The van der Waals surface area contributed by atoms with Gasteiger partial charge in [-0.05, 0) is 37.3 Å². The standard InChI is InChI=1S/C13H18N4OS/c1-9(14)10-2-4-17(6-10)7-12-15-13(16-18-12)11-3-5-19-8-11/h3,5,8-10H,2,4,6-7,14H2,1H3. The van der Waals surface area contributed by atoms with Crippen LogP contribution >= 0.6 is 11.3 Å². The Kier molecular flexibility index (Phi) is 3.63. The van der Waals surface area contributed by atoms with Crippen LogP contribution in [0.3, 0.4) is 0 Å². The van der Waals surface area contributed by atoms with Crippen LogP contribution in [-0.4, -0.2) is 34.2 Å². The van der Waals surface area contributed by atoms with Gasteiger partial charge in [-0.1, -0.05) is 5.16 Å². The molecule has 0 aromatic carbocycles. The number of thiophene rings is 1. The van der Waals surface area contributed by atoms with Crippen LogP contribution in [0.25, 0.3) is 11.4 Å². The van der Waals surface area contributed by atoms with Crippen LogP contribution < -0.4 is 5.73 Å². The van der Waals surface area contributed by atoms with Crippen LogP contribution in [0.4, 0.5) is 0 Å². The highest BCUT2D eigenvalue weighted by molar-refractivity contribution is 7.08. The zero-order valence-electron chi connectivity index (χ0n) is 11.0. The molecule has 3 rings (SSSR count). The summed E-state index contributed by atoms with van der Waals surface area (Å²) in [6.45, 7) is 4.88. The Morgan fingerprint density at radius 1 is 1.63 bits per heavy atom. The van der Waals surface area contributed by atoms with Crippen LogP contribution in [0.2, 0.25) is 0 Å². The largest absolute Gasteiger partial charge is 0.338 e. The molecule has 1 saturated heterocycles. The third kappa shape index (κ3) is 2.86. The molecule has 3 heterocycles. The zero-order valence-corrected chi connectivity index (χ0v) is 11.8. The van der Waals surface area contributed by atoms with Gasteiger partial charge in [-0.3, -0.25) is 4.90 Å². The van der Waals surface area contributed by atoms with Gasteiger partial charge in [0.1, 0.15) is 0 Å². The Morgan fingerprint density at radius 3 is 3.21 bits per heavy atom. The van der Waals surface area contributed by atoms with Gasteiger partial charge in [0.25, 0.3) is 0 Å². The number of nitrogens with two attached hydrogens (primary N) is 1. The van der Waals surface area contributed by atoms with Gasteiger partial charge in [0, 0.05) is 23.5 Å². The fourth-order valence-corrected chi connectivity index (χ4v) is 3.09. The third-order valence-corrected chi connectivity index (χ3v) is 4.34. The SMILES string of the molecule is CC(N)C1CCN(Cc2nc(-c3ccsc3)no2)C1. The molecule has 6 heteroatoms. The molecule has 0 aliphatic carbocycles. The van der Waals surface area contributed by atoms with Crippen molar-refractivity contribution < 1.29 is 4.52 Å². The summed E-state index contributed by atoms with van der Waals surface area (Å²) in [7, 11) is 0. The van der Waals surface area contributed by atoms with Crippen LogP contribution in [-0.2, 0) is 6.54 Å². The average Bonchev–Trinajstić information content (AvgIpc) is 3.09. The minimum absolute atomic E-state index is 0.258. The molecule has 2 N–H and O–H groups in total. The summed E-state index contributed by atoms with van der Waals surface area (Å²) in [6.07, 6.45) is 1.16. The topological polar surface area (TPSA) is 68.2 Å². The van der Waals surface area contributed by atoms with Crippen molar-refractivity contribution in [2.24, 2.45) is 11.7 Å². The summed E-state index contributed by atoms with van der Waals surface area (Å²) in [5.74, 6) is 1.95. The maximum Gasteiger partial charge on any atom is 0.241 e. The molecule has 0 saturated carbocycles. The van der Waals surface area contributed by atoms with Crippen molar-refractivity contribution in [3.8, 4) is 11.4 Å². The first-order valence-corrected chi connectivity index (χ1v) is 7.50. The molecule has 0 amide bonds. The molecule has 0 bridgehead atoms. The van der Waals surface area contributed by atoms with Gasteiger partial charge in [0.15, 0.2) is 0 Å². The molecule has 0 radical (unpaired) electrons. The Balaban J connectivity index is 1.62. The number of likely N-dealkylation sites (tertiary alicyclic amines) is 1. The predicted molar refractivity (Wildman–Crippen MR) is 74.6 cm³/mol. The summed E-state index contributed by atoms with van der Waals surface area (Å²) in [4.78, 5) is 6.77. The van der Waals surface area contributed by atoms with E-state index in [2.05, 4.69) is 22.0 Å². The molecule has 2 unspecified atom stereocenters. The van der Waals surface area contributed by atoms with Crippen molar-refractivity contribution in [2.75, 3.05) is 13.1 Å². The molecule has 2 atom stereocenters. The average molecular weight is 278 g/mol. The van der Waals surface area contributed by atoms with Gasteiger partial charge >= 0.3 is 0 Å². The normalized spacial score (nSPS) is 21.9. The van der Waals surface area contributed by atoms with Crippen LogP contribution in [0, 0.1) is 5.92 Å². The number of hydrogen-bond acceptors (Lipinski definition) is 6. The van der Waals surface area contributed by atoms with Gasteiger partial charge < -0.3 is 10.3 Å². The highest BCUT2D eigenvalue weighted by Gasteiger charge is 2.26. The van der Waals surface area contributed by atoms with Crippen molar-refractivity contribution in [1.29, 1.82) is 0 Å².